The molecule has 0 saturated carbocycles. The maximum atomic E-state index is 13.8. The van der Waals surface area contributed by atoms with Crippen molar-refractivity contribution in [2.75, 3.05) is 23.3 Å². The van der Waals surface area contributed by atoms with Gasteiger partial charge in [0.05, 0.1) is 11.3 Å². The maximum absolute atomic E-state index is 13.8. The van der Waals surface area contributed by atoms with Crippen molar-refractivity contribution in [3.05, 3.63) is 58.9 Å². The van der Waals surface area contributed by atoms with Gasteiger partial charge in [0, 0.05) is 24.3 Å². The first-order valence-electron chi connectivity index (χ1n) is 10.3. The van der Waals surface area contributed by atoms with E-state index in [9.17, 15) is 14.0 Å². The molecule has 6 heteroatoms. The Hall–Kier alpha value is -2.89. The van der Waals surface area contributed by atoms with Crippen molar-refractivity contribution in [2.24, 2.45) is 0 Å². The van der Waals surface area contributed by atoms with Crippen LogP contribution in [-0.2, 0) is 0 Å². The number of nitrogens with zero attached hydrogens (tertiary/aromatic N) is 2. The number of halogens is 1. The number of fused-ring (bicyclic) bond motifs is 2. The van der Waals surface area contributed by atoms with Crippen LogP contribution in [0.5, 0.6) is 0 Å². The molecule has 0 spiro atoms. The zero-order valence-corrected chi connectivity index (χ0v) is 16.9. The van der Waals surface area contributed by atoms with E-state index in [1.54, 1.807) is 37.3 Å². The molecular formula is C23H26FN3O2. The number of nitrogens with one attached hydrogen (secondary N) is 1. The van der Waals surface area contributed by atoms with Crippen molar-refractivity contribution in [1.29, 1.82) is 0 Å². The molecule has 2 aromatic rings. The molecule has 4 rings (SSSR count). The molecule has 1 N–H and O–H groups in total. The number of amides is 2. The first-order chi connectivity index (χ1) is 14.0. The van der Waals surface area contributed by atoms with Crippen LogP contribution in [0.25, 0.3) is 0 Å². The molecule has 1 saturated heterocycles. The first kappa shape index (κ1) is 19.4. The van der Waals surface area contributed by atoms with Crippen LogP contribution in [-0.4, -0.2) is 36.0 Å². The summed E-state index contributed by atoms with van der Waals surface area (Å²) in [7, 11) is 0. The molecule has 2 aliphatic rings. The van der Waals surface area contributed by atoms with Crippen LogP contribution in [0.1, 0.15) is 58.9 Å². The standard InChI is InChI=1S/C23H26FN3O2/c1-3-26-20-13-16(22(28)25-17-10-8-15(2)19(24)14-17)9-11-18(20)23(29)27-12-6-4-5-7-21(26)27/h8-11,13-14,21H,3-7,12H2,1-2H3,(H,25,28)/t21-/m1/s1. The maximum Gasteiger partial charge on any atom is 0.257 e. The Morgan fingerprint density at radius 2 is 2.00 bits per heavy atom. The van der Waals surface area contributed by atoms with Gasteiger partial charge in [0.2, 0.25) is 0 Å². The molecule has 2 amide bonds. The fourth-order valence-corrected chi connectivity index (χ4v) is 4.31. The summed E-state index contributed by atoms with van der Waals surface area (Å²) >= 11 is 0. The molecule has 2 aliphatic heterocycles. The highest BCUT2D eigenvalue weighted by atomic mass is 19.1. The van der Waals surface area contributed by atoms with Gasteiger partial charge in [-0.05, 0) is 69.0 Å². The van der Waals surface area contributed by atoms with Gasteiger partial charge in [-0.2, -0.15) is 0 Å². The summed E-state index contributed by atoms with van der Waals surface area (Å²) in [5.74, 6) is -0.628. The molecule has 152 valence electrons. The Morgan fingerprint density at radius 1 is 1.17 bits per heavy atom. The van der Waals surface area contributed by atoms with Gasteiger partial charge in [-0.1, -0.05) is 12.5 Å². The lowest BCUT2D eigenvalue weighted by Gasteiger charge is -2.44. The van der Waals surface area contributed by atoms with E-state index in [-0.39, 0.29) is 23.8 Å². The van der Waals surface area contributed by atoms with Gasteiger partial charge >= 0.3 is 0 Å². The number of carbonyl (C=O) groups is 2. The van der Waals surface area contributed by atoms with E-state index >= 15 is 0 Å². The van der Waals surface area contributed by atoms with Crippen LogP contribution in [0.15, 0.2) is 36.4 Å². The number of benzene rings is 2. The number of aryl methyl sites for hydroxylation is 1. The van der Waals surface area contributed by atoms with Gasteiger partial charge < -0.3 is 15.1 Å². The van der Waals surface area contributed by atoms with E-state index < -0.39 is 0 Å². The third kappa shape index (κ3) is 3.59. The quantitative estimate of drug-likeness (QED) is 0.828. The molecule has 29 heavy (non-hydrogen) atoms. The van der Waals surface area contributed by atoms with Crippen molar-refractivity contribution in [2.45, 2.75) is 45.7 Å². The van der Waals surface area contributed by atoms with E-state index in [1.807, 2.05) is 4.90 Å². The smallest absolute Gasteiger partial charge is 0.257 e. The minimum Gasteiger partial charge on any atom is -0.351 e. The third-order valence-electron chi connectivity index (χ3n) is 5.91. The van der Waals surface area contributed by atoms with Gasteiger partial charge in [-0.15, -0.1) is 0 Å². The van der Waals surface area contributed by atoms with Crippen molar-refractivity contribution in [3.8, 4) is 0 Å². The average Bonchev–Trinajstić information content (AvgIpc) is 2.97. The number of hydrogen-bond donors (Lipinski definition) is 1. The van der Waals surface area contributed by atoms with Crippen LogP contribution >= 0.6 is 0 Å². The second kappa shape index (κ2) is 7.85. The highest BCUT2D eigenvalue weighted by Gasteiger charge is 2.37. The molecule has 1 fully saturated rings. The molecular weight excluding hydrogens is 369 g/mol. The summed E-state index contributed by atoms with van der Waals surface area (Å²) in [6, 6.07) is 9.83. The van der Waals surface area contributed by atoms with E-state index in [0.717, 1.165) is 44.5 Å². The average molecular weight is 395 g/mol. The van der Waals surface area contributed by atoms with E-state index in [1.165, 1.54) is 6.07 Å². The number of carbonyl (C=O) groups excluding carboxylic acids is 2. The van der Waals surface area contributed by atoms with Crippen LogP contribution in [0.4, 0.5) is 15.8 Å². The second-order valence-electron chi connectivity index (χ2n) is 7.76. The zero-order valence-electron chi connectivity index (χ0n) is 16.9. The molecule has 0 bridgehead atoms. The zero-order chi connectivity index (χ0) is 20.5. The largest absolute Gasteiger partial charge is 0.351 e. The van der Waals surface area contributed by atoms with Gasteiger partial charge in [0.1, 0.15) is 12.0 Å². The van der Waals surface area contributed by atoms with E-state index in [4.69, 9.17) is 0 Å². The summed E-state index contributed by atoms with van der Waals surface area (Å²) in [6.45, 7) is 5.29. The Bertz CT molecular complexity index is 959. The molecule has 0 radical (unpaired) electrons. The predicted molar refractivity (Wildman–Crippen MR) is 112 cm³/mol. The van der Waals surface area contributed by atoms with Crippen molar-refractivity contribution in [1.82, 2.24) is 4.90 Å². The normalized spacial score (nSPS) is 18.7. The van der Waals surface area contributed by atoms with Crippen LogP contribution in [0.3, 0.4) is 0 Å². The van der Waals surface area contributed by atoms with Crippen molar-refractivity contribution < 1.29 is 14.0 Å². The summed E-state index contributed by atoms with van der Waals surface area (Å²) in [6.07, 6.45) is 4.25. The number of anilines is 2. The SMILES string of the molecule is CCN1c2cc(C(=O)Nc3ccc(C)c(F)c3)ccc2C(=O)N2CCCCC[C@@H]21. The van der Waals surface area contributed by atoms with Gasteiger partial charge in [-0.3, -0.25) is 9.59 Å². The fraction of sp³-hybridized carbons (Fsp3) is 0.391. The molecule has 0 aromatic heterocycles. The van der Waals surface area contributed by atoms with Crippen LogP contribution < -0.4 is 10.2 Å². The minimum absolute atomic E-state index is 0.0455. The topological polar surface area (TPSA) is 52.7 Å². The minimum atomic E-state index is -0.357. The summed E-state index contributed by atoms with van der Waals surface area (Å²) in [5.41, 5.74) is 2.85. The van der Waals surface area contributed by atoms with E-state index in [0.29, 0.717) is 22.4 Å². The van der Waals surface area contributed by atoms with Crippen molar-refractivity contribution in [3.63, 3.8) is 0 Å². The highest BCUT2D eigenvalue weighted by molar-refractivity contribution is 6.08. The number of hydrogen-bond acceptors (Lipinski definition) is 3. The third-order valence-corrected chi connectivity index (χ3v) is 5.91. The lowest BCUT2D eigenvalue weighted by atomic mass is 10.0. The highest BCUT2D eigenvalue weighted by Crippen LogP contribution is 2.35. The van der Waals surface area contributed by atoms with Crippen LogP contribution in [0, 0.1) is 12.7 Å². The lowest BCUT2D eigenvalue weighted by molar-refractivity contribution is 0.0656. The number of rotatable bonds is 3. The van der Waals surface area contributed by atoms with Crippen LogP contribution in [0.2, 0.25) is 0 Å². The Kier molecular flexibility index (Phi) is 5.26. The summed E-state index contributed by atoms with van der Waals surface area (Å²) in [4.78, 5) is 30.0. The monoisotopic (exact) mass is 395 g/mol. The Morgan fingerprint density at radius 3 is 2.76 bits per heavy atom. The lowest BCUT2D eigenvalue weighted by Crippen LogP contribution is -2.55. The van der Waals surface area contributed by atoms with Gasteiger partial charge in [-0.25, -0.2) is 4.39 Å². The Labute approximate surface area is 170 Å². The summed E-state index contributed by atoms with van der Waals surface area (Å²) in [5, 5.41) is 2.75. The molecule has 0 aliphatic carbocycles. The van der Waals surface area contributed by atoms with Gasteiger partial charge in [0.25, 0.3) is 11.8 Å². The molecule has 2 aromatic carbocycles. The molecule has 2 heterocycles. The Balaban J connectivity index is 1.65. The van der Waals surface area contributed by atoms with Gasteiger partial charge in [0.15, 0.2) is 0 Å². The second-order valence-corrected chi connectivity index (χ2v) is 7.76. The molecule has 1 atom stereocenters. The summed E-state index contributed by atoms with van der Waals surface area (Å²) < 4.78 is 13.8. The predicted octanol–water partition coefficient (Wildman–Crippen LogP) is 4.57. The molecule has 0 unspecified atom stereocenters. The van der Waals surface area contributed by atoms with E-state index in [2.05, 4.69) is 17.1 Å². The molecule has 5 nitrogen and oxygen atoms in total. The van der Waals surface area contributed by atoms with Crippen molar-refractivity contribution >= 4 is 23.2 Å². The fourth-order valence-electron chi connectivity index (χ4n) is 4.31. The first-order valence-corrected chi connectivity index (χ1v) is 10.3.